The number of ether oxygens (including phenoxy) is 1. The number of hydrogen-bond donors (Lipinski definition) is 2. The van der Waals surface area contributed by atoms with Crippen LogP contribution in [0.4, 0.5) is 11.4 Å². The molecule has 3 N–H and O–H groups in total. The molecule has 1 fully saturated rings. The van der Waals surface area contributed by atoms with Gasteiger partial charge in [0, 0.05) is 37.8 Å². The second-order valence-corrected chi connectivity index (χ2v) is 7.45. The van der Waals surface area contributed by atoms with Gasteiger partial charge in [-0.25, -0.2) is 0 Å². The SMILES string of the molecule is C#CCOc1cc(N)c([N+](=O)[O-])cc1C(=O)NC1CCN(CC2=CCC=CC2)CC1. The van der Waals surface area contributed by atoms with Gasteiger partial charge in [0.05, 0.1) is 10.5 Å². The van der Waals surface area contributed by atoms with E-state index < -0.39 is 10.8 Å². The third kappa shape index (κ3) is 5.39. The summed E-state index contributed by atoms with van der Waals surface area (Å²) in [6.07, 6.45) is 15.5. The van der Waals surface area contributed by atoms with E-state index >= 15 is 0 Å². The van der Waals surface area contributed by atoms with Crippen LogP contribution < -0.4 is 15.8 Å². The van der Waals surface area contributed by atoms with Crippen LogP contribution in [0, 0.1) is 22.5 Å². The van der Waals surface area contributed by atoms with Gasteiger partial charge in [0.2, 0.25) is 0 Å². The number of nitro benzene ring substituents is 1. The number of benzene rings is 1. The number of nitro groups is 1. The molecule has 1 saturated heterocycles. The van der Waals surface area contributed by atoms with Gasteiger partial charge < -0.3 is 15.8 Å². The molecule has 1 amide bonds. The van der Waals surface area contributed by atoms with E-state index in [2.05, 4.69) is 34.4 Å². The number of nitrogens with one attached hydrogen (secondary N) is 1. The fourth-order valence-electron chi connectivity index (χ4n) is 3.72. The smallest absolute Gasteiger partial charge is 0.293 e. The van der Waals surface area contributed by atoms with Crippen LogP contribution in [0.25, 0.3) is 0 Å². The maximum Gasteiger partial charge on any atom is 0.293 e. The van der Waals surface area contributed by atoms with Crippen molar-refractivity contribution in [2.45, 2.75) is 31.7 Å². The number of hydrogen-bond acceptors (Lipinski definition) is 6. The van der Waals surface area contributed by atoms with Crippen molar-refractivity contribution in [1.82, 2.24) is 10.2 Å². The highest BCUT2D eigenvalue weighted by molar-refractivity contribution is 5.98. The summed E-state index contributed by atoms with van der Waals surface area (Å²) in [6, 6.07) is 2.42. The Balaban J connectivity index is 1.62. The van der Waals surface area contributed by atoms with E-state index in [4.69, 9.17) is 16.9 Å². The number of allylic oxidation sites excluding steroid dienone is 3. The second-order valence-electron chi connectivity index (χ2n) is 7.45. The molecule has 1 heterocycles. The van der Waals surface area contributed by atoms with Crippen molar-refractivity contribution in [2.75, 3.05) is 32.0 Å². The van der Waals surface area contributed by atoms with Crippen molar-refractivity contribution in [1.29, 1.82) is 0 Å². The van der Waals surface area contributed by atoms with Crippen LogP contribution in [0.1, 0.15) is 36.0 Å². The highest BCUT2D eigenvalue weighted by Crippen LogP contribution is 2.31. The Morgan fingerprint density at radius 1 is 1.37 bits per heavy atom. The van der Waals surface area contributed by atoms with E-state index in [9.17, 15) is 14.9 Å². The van der Waals surface area contributed by atoms with Crippen molar-refractivity contribution in [2.24, 2.45) is 0 Å². The van der Waals surface area contributed by atoms with Crippen molar-refractivity contribution in [3.63, 3.8) is 0 Å². The van der Waals surface area contributed by atoms with Gasteiger partial charge in [0.25, 0.3) is 11.6 Å². The average Bonchev–Trinajstić information content (AvgIpc) is 2.74. The number of nitrogens with zero attached hydrogens (tertiary/aromatic N) is 2. The number of carbonyl (C=O) groups is 1. The van der Waals surface area contributed by atoms with Gasteiger partial charge >= 0.3 is 0 Å². The number of nitrogen functional groups attached to an aromatic ring is 1. The topological polar surface area (TPSA) is 111 Å². The maximum absolute atomic E-state index is 12.8. The molecule has 158 valence electrons. The molecule has 0 bridgehead atoms. The lowest BCUT2D eigenvalue weighted by Gasteiger charge is -2.33. The van der Waals surface area contributed by atoms with Gasteiger partial charge in [0.15, 0.2) is 0 Å². The number of carbonyl (C=O) groups excluding carboxylic acids is 1. The lowest BCUT2D eigenvalue weighted by atomic mass is 10.0. The number of likely N-dealkylation sites (tertiary alicyclic amines) is 1. The molecule has 0 saturated carbocycles. The molecule has 3 rings (SSSR count). The average molecular weight is 410 g/mol. The maximum atomic E-state index is 12.8. The van der Waals surface area contributed by atoms with Gasteiger partial charge in [-0.3, -0.25) is 19.8 Å². The van der Waals surface area contributed by atoms with Gasteiger partial charge in [-0.1, -0.05) is 29.7 Å². The van der Waals surface area contributed by atoms with Crippen LogP contribution in [0.3, 0.4) is 0 Å². The number of nitrogens with two attached hydrogens (primary N) is 1. The van der Waals surface area contributed by atoms with Gasteiger partial charge in [-0.15, -0.1) is 6.42 Å². The predicted octanol–water partition coefficient (Wildman–Crippen LogP) is 2.66. The fourth-order valence-corrected chi connectivity index (χ4v) is 3.72. The Hall–Kier alpha value is -3.31. The number of rotatable bonds is 7. The normalized spacial score (nSPS) is 17.1. The largest absolute Gasteiger partial charge is 0.480 e. The first-order valence-corrected chi connectivity index (χ1v) is 9.98. The molecule has 0 spiro atoms. The van der Waals surface area contributed by atoms with Gasteiger partial charge in [0.1, 0.15) is 18.0 Å². The molecule has 0 radical (unpaired) electrons. The number of anilines is 1. The first-order valence-electron chi connectivity index (χ1n) is 9.98. The van der Waals surface area contributed by atoms with Crippen molar-refractivity contribution >= 4 is 17.3 Å². The van der Waals surface area contributed by atoms with Crippen LogP contribution in [0.15, 0.2) is 35.9 Å². The Morgan fingerprint density at radius 3 is 2.77 bits per heavy atom. The minimum Gasteiger partial charge on any atom is -0.480 e. The third-order valence-corrected chi connectivity index (χ3v) is 5.32. The minimum atomic E-state index is -0.620. The van der Waals surface area contributed by atoms with Crippen molar-refractivity contribution < 1.29 is 14.5 Å². The first-order chi connectivity index (χ1) is 14.5. The van der Waals surface area contributed by atoms with E-state index in [-0.39, 0.29) is 35.3 Å². The lowest BCUT2D eigenvalue weighted by molar-refractivity contribution is -0.383. The van der Waals surface area contributed by atoms with Crippen molar-refractivity contribution in [3.8, 4) is 18.1 Å². The molecule has 2 aliphatic rings. The van der Waals surface area contributed by atoms with E-state index in [1.165, 1.54) is 11.6 Å². The molecule has 8 heteroatoms. The summed E-state index contributed by atoms with van der Waals surface area (Å²) >= 11 is 0. The van der Waals surface area contributed by atoms with Crippen LogP contribution >= 0.6 is 0 Å². The summed E-state index contributed by atoms with van der Waals surface area (Å²) in [5.41, 5.74) is 6.80. The minimum absolute atomic E-state index is 0.00826. The van der Waals surface area contributed by atoms with E-state index in [0.29, 0.717) is 0 Å². The van der Waals surface area contributed by atoms with E-state index in [1.54, 1.807) is 0 Å². The Kier molecular flexibility index (Phi) is 7.09. The summed E-state index contributed by atoms with van der Waals surface area (Å²) in [6.45, 7) is 2.66. The molecule has 1 aliphatic carbocycles. The fraction of sp³-hybridized carbons (Fsp3) is 0.409. The van der Waals surface area contributed by atoms with Crippen LogP contribution in [-0.4, -0.2) is 48.0 Å². The van der Waals surface area contributed by atoms with Gasteiger partial charge in [-0.2, -0.15) is 0 Å². The van der Waals surface area contributed by atoms with Crippen LogP contribution in [0.5, 0.6) is 5.75 Å². The number of amides is 1. The molecule has 0 aromatic heterocycles. The zero-order chi connectivity index (χ0) is 21.5. The van der Waals surface area contributed by atoms with E-state index in [1.807, 2.05) is 0 Å². The monoisotopic (exact) mass is 410 g/mol. The van der Waals surface area contributed by atoms with Crippen LogP contribution in [0.2, 0.25) is 0 Å². The molecule has 1 aromatic carbocycles. The summed E-state index contributed by atoms with van der Waals surface area (Å²) in [7, 11) is 0. The third-order valence-electron chi connectivity index (χ3n) is 5.32. The molecule has 1 aromatic rings. The summed E-state index contributed by atoms with van der Waals surface area (Å²) in [5.74, 6) is 2.03. The zero-order valence-electron chi connectivity index (χ0n) is 16.8. The molecular weight excluding hydrogens is 384 g/mol. The molecule has 1 aliphatic heterocycles. The highest BCUT2D eigenvalue weighted by atomic mass is 16.6. The molecule has 8 nitrogen and oxygen atoms in total. The summed E-state index contributed by atoms with van der Waals surface area (Å²) in [4.78, 5) is 25.8. The van der Waals surface area contributed by atoms with E-state index in [0.717, 1.165) is 51.4 Å². The lowest BCUT2D eigenvalue weighted by Crippen LogP contribution is -2.45. The summed E-state index contributed by atoms with van der Waals surface area (Å²) < 4.78 is 5.39. The van der Waals surface area contributed by atoms with Crippen molar-refractivity contribution in [3.05, 3.63) is 51.6 Å². The molecule has 0 unspecified atom stereocenters. The number of piperidine rings is 1. The van der Waals surface area contributed by atoms with Crippen LogP contribution in [-0.2, 0) is 0 Å². The molecular formula is C22H26N4O4. The Labute approximate surface area is 175 Å². The summed E-state index contributed by atoms with van der Waals surface area (Å²) in [5, 5.41) is 14.2. The predicted molar refractivity (Wildman–Crippen MR) is 115 cm³/mol. The van der Waals surface area contributed by atoms with Gasteiger partial charge in [-0.05, 0) is 25.7 Å². The standard InChI is InChI=1S/C22H26N4O4/c1-2-12-30-21-14-19(23)20(26(28)29)13-18(21)22(27)24-17-8-10-25(11-9-17)15-16-6-4-3-5-7-16/h1,3-4,7,13-14,17H,5-6,8-12,15,23H2,(H,24,27). The Morgan fingerprint density at radius 2 is 2.13 bits per heavy atom. The second kappa shape index (κ2) is 9.94. The zero-order valence-corrected chi connectivity index (χ0v) is 16.8. The highest BCUT2D eigenvalue weighted by Gasteiger charge is 2.25. The molecule has 30 heavy (non-hydrogen) atoms. The Bertz CT molecular complexity index is 908. The number of terminal acetylenes is 1. The quantitative estimate of drug-likeness (QED) is 0.235. The first kappa shape index (κ1) is 21.4. The molecule has 0 atom stereocenters.